The van der Waals surface area contributed by atoms with E-state index in [2.05, 4.69) is 12.2 Å². The highest BCUT2D eigenvalue weighted by Gasteiger charge is 2.44. The minimum Gasteiger partial charge on any atom is -0.394 e. The number of aliphatic hydroxyl groups is 6. The number of amides is 1. The Labute approximate surface area is 397 Å². The molecular weight excluding hydrogens is 839 g/mol. The summed E-state index contributed by atoms with van der Waals surface area (Å²) in [6, 6.07) is 16.0. The van der Waals surface area contributed by atoms with Crippen LogP contribution in [0.4, 0.5) is 0 Å². The number of ether oxygens (including phenoxy) is 3. The van der Waals surface area contributed by atoms with Crippen molar-refractivity contribution < 1.29 is 54.4 Å². The van der Waals surface area contributed by atoms with Crippen molar-refractivity contribution in [3.8, 4) is 0 Å². The Kier molecular flexibility index (Phi) is 31.6. The molecule has 0 bridgehead atoms. The fraction of sp³-hybridized carbons (Fsp3) is 0.741. The van der Waals surface area contributed by atoms with E-state index in [1.807, 2.05) is 54.6 Å². The van der Waals surface area contributed by atoms with E-state index < -0.39 is 55.6 Å². The lowest BCUT2D eigenvalue weighted by atomic mass is 9.98. The fourth-order valence-electron chi connectivity index (χ4n) is 8.72. The number of aliphatic hydroxyl groups excluding tert-OH is 6. The van der Waals surface area contributed by atoms with Gasteiger partial charge in [0.1, 0.15) is 30.5 Å². The third kappa shape index (κ3) is 24.0. The van der Waals surface area contributed by atoms with Crippen LogP contribution >= 0.6 is 0 Å². The summed E-state index contributed by atoms with van der Waals surface area (Å²) in [5.74, 6) is -0.250. The molecule has 0 radical (unpaired) electrons. The fourth-order valence-corrected chi connectivity index (χ4v) is 8.72. The minimum absolute atomic E-state index is 0.0275. The lowest BCUT2D eigenvalue weighted by molar-refractivity contribution is -0.303. The van der Waals surface area contributed by atoms with E-state index >= 15 is 0 Å². The zero-order valence-electron chi connectivity index (χ0n) is 40.5. The van der Waals surface area contributed by atoms with Crippen molar-refractivity contribution in [2.45, 2.75) is 236 Å². The molecule has 0 spiro atoms. The molecule has 8 atom stereocenters. The van der Waals surface area contributed by atoms with Gasteiger partial charge in [-0.15, -0.1) is 0 Å². The summed E-state index contributed by atoms with van der Waals surface area (Å²) in [5.41, 5.74) is 2.39. The van der Waals surface area contributed by atoms with Crippen LogP contribution in [0.2, 0.25) is 0 Å². The highest BCUT2D eigenvalue weighted by molar-refractivity contribution is 6.09. The summed E-state index contributed by atoms with van der Waals surface area (Å²) in [7, 11) is 0. The van der Waals surface area contributed by atoms with Crippen LogP contribution in [0.15, 0.2) is 54.6 Å². The molecule has 1 amide bonds. The van der Waals surface area contributed by atoms with Crippen LogP contribution in [0.25, 0.3) is 0 Å². The van der Waals surface area contributed by atoms with Gasteiger partial charge in [-0.05, 0) is 30.9 Å². The second-order valence-electron chi connectivity index (χ2n) is 18.7. The smallest absolute Gasteiger partial charge is 0.220 e. The Balaban J connectivity index is 1.23. The summed E-state index contributed by atoms with van der Waals surface area (Å²) in [6.45, 7) is 2.54. The van der Waals surface area contributed by atoms with Crippen LogP contribution in [0.1, 0.15) is 202 Å². The van der Waals surface area contributed by atoms with Crippen molar-refractivity contribution in [3.05, 3.63) is 71.3 Å². The van der Waals surface area contributed by atoms with Gasteiger partial charge in [0.15, 0.2) is 12.1 Å². The first-order valence-corrected chi connectivity index (χ1v) is 26.0. The molecule has 376 valence electrons. The third-order valence-electron chi connectivity index (χ3n) is 13.0. The predicted octanol–water partition coefficient (Wildman–Crippen LogP) is 9.01. The summed E-state index contributed by atoms with van der Waals surface area (Å²) in [4.78, 5) is 25.8. The standard InChI is InChI=1S/C54H89NO11/c1-2-3-4-5-6-7-8-12-15-18-21-27-35-46(57)50(60)45(41-65-54-53(63)52(62)51(61)47(39-56)66-54)55-48(58)36-28-22-19-16-13-10-9-11-14-17-20-23-29-37-64-40-42-31-30-34-44(38-42)49(59)43-32-25-24-26-33-43/h24-26,30-34,38,45-47,50-54,56-57,60-63H,2-23,27-29,35-37,39-41H2,1H3,(H,55,58)/t45-,46+,47+,50-,51-,52-,53+,54-/m0/s1. The lowest BCUT2D eigenvalue weighted by Gasteiger charge is -2.40. The van der Waals surface area contributed by atoms with Gasteiger partial charge in [-0.1, -0.05) is 203 Å². The Morgan fingerprint density at radius 2 is 1.17 bits per heavy atom. The van der Waals surface area contributed by atoms with Gasteiger partial charge in [0.25, 0.3) is 0 Å². The van der Waals surface area contributed by atoms with E-state index in [0.29, 0.717) is 30.6 Å². The van der Waals surface area contributed by atoms with Gasteiger partial charge in [0.05, 0.1) is 32.0 Å². The molecule has 1 fully saturated rings. The van der Waals surface area contributed by atoms with Crippen LogP contribution in [0.5, 0.6) is 0 Å². The Morgan fingerprint density at radius 3 is 1.74 bits per heavy atom. The Morgan fingerprint density at radius 1 is 0.636 bits per heavy atom. The van der Waals surface area contributed by atoms with Crippen molar-refractivity contribution >= 4 is 11.7 Å². The van der Waals surface area contributed by atoms with Crippen LogP contribution in [-0.2, 0) is 25.6 Å². The van der Waals surface area contributed by atoms with Gasteiger partial charge in [-0.25, -0.2) is 0 Å². The van der Waals surface area contributed by atoms with Gasteiger partial charge in [-0.3, -0.25) is 9.59 Å². The summed E-state index contributed by atoms with van der Waals surface area (Å²) in [5, 5.41) is 65.3. The number of unbranched alkanes of at least 4 members (excludes halogenated alkanes) is 23. The van der Waals surface area contributed by atoms with Gasteiger partial charge in [0, 0.05) is 24.2 Å². The first-order valence-electron chi connectivity index (χ1n) is 26.0. The van der Waals surface area contributed by atoms with Crippen LogP contribution in [-0.4, -0.2) is 111 Å². The Hall–Kier alpha value is -2.78. The summed E-state index contributed by atoms with van der Waals surface area (Å²) < 4.78 is 17.1. The number of carbonyl (C=O) groups is 2. The van der Waals surface area contributed by atoms with E-state index in [-0.39, 0.29) is 24.7 Å². The molecule has 1 saturated heterocycles. The second kappa shape index (κ2) is 36.2. The topological polar surface area (TPSA) is 195 Å². The first-order chi connectivity index (χ1) is 32.2. The molecule has 3 rings (SSSR count). The Bertz CT molecular complexity index is 1510. The number of hydrogen-bond donors (Lipinski definition) is 7. The van der Waals surface area contributed by atoms with E-state index in [1.165, 1.54) is 96.3 Å². The van der Waals surface area contributed by atoms with Crippen molar-refractivity contribution in [1.29, 1.82) is 0 Å². The zero-order chi connectivity index (χ0) is 47.6. The molecule has 0 unspecified atom stereocenters. The van der Waals surface area contributed by atoms with E-state index in [4.69, 9.17) is 14.2 Å². The maximum atomic E-state index is 13.1. The van der Waals surface area contributed by atoms with Gasteiger partial charge in [-0.2, -0.15) is 0 Å². The maximum Gasteiger partial charge on any atom is 0.220 e. The number of rotatable bonds is 40. The molecular formula is C54H89NO11. The van der Waals surface area contributed by atoms with E-state index in [0.717, 1.165) is 70.0 Å². The number of nitrogens with one attached hydrogen (secondary N) is 1. The van der Waals surface area contributed by atoms with Crippen LogP contribution in [0.3, 0.4) is 0 Å². The average molecular weight is 928 g/mol. The SMILES string of the molecule is CCCCCCCCCCCCCC[C@@H](O)[C@@H](O)[C@H](CO[C@H]1O[C@H](CO)[C@H](O)[C@H](O)[C@H]1O)NC(=O)CCCCCCCCCCCCCCCOCc1cccc(C(=O)c2ccccc2)c1. The molecule has 2 aromatic rings. The van der Waals surface area contributed by atoms with Gasteiger partial charge in [0.2, 0.25) is 5.91 Å². The number of hydrogen-bond acceptors (Lipinski definition) is 11. The molecule has 1 aliphatic heterocycles. The third-order valence-corrected chi connectivity index (χ3v) is 13.0. The molecule has 12 nitrogen and oxygen atoms in total. The second-order valence-corrected chi connectivity index (χ2v) is 18.7. The summed E-state index contributed by atoms with van der Waals surface area (Å²) in [6.07, 6.45) is 19.6. The molecule has 0 aromatic heterocycles. The quantitative estimate of drug-likeness (QED) is 0.0249. The normalized spacial score (nSPS) is 20.0. The number of benzene rings is 2. The predicted molar refractivity (Wildman–Crippen MR) is 260 cm³/mol. The maximum absolute atomic E-state index is 13.1. The van der Waals surface area contributed by atoms with Crippen LogP contribution < -0.4 is 5.32 Å². The number of ketones is 1. The number of carbonyl (C=O) groups excluding carboxylic acids is 2. The monoisotopic (exact) mass is 928 g/mol. The molecule has 12 heteroatoms. The van der Waals surface area contributed by atoms with Crippen LogP contribution in [0, 0.1) is 0 Å². The van der Waals surface area contributed by atoms with Crippen molar-refractivity contribution in [1.82, 2.24) is 5.32 Å². The highest BCUT2D eigenvalue weighted by Crippen LogP contribution is 2.23. The molecule has 1 heterocycles. The average Bonchev–Trinajstić information content (AvgIpc) is 3.33. The van der Waals surface area contributed by atoms with Crippen molar-refractivity contribution in [2.24, 2.45) is 0 Å². The molecule has 0 aliphatic carbocycles. The van der Waals surface area contributed by atoms with E-state index in [1.54, 1.807) is 0 Å². The molecule has 7 N–H and O–H groups in total. The highest BCUT2D eigenvalue weighted by atomic mass is 16.7. The van der Waals surface area contributed by atoms with Gasteiger partial charge >= 0.3 is 0 Å². The molecule has 66 heavy (non-hydrogen) atoms. The largest absolute Gasteiger partial charge is 0.394 e. The molecule has 2 aromatic carbocycles. The first kappa shape index (κ1) is 57.5. The molecule has 0 saturated carbocycles. The lowest BCUT2D eigenvalue weighted by Crippen LogP contribution is -2.60. The van der Waals surface area contributed by atoms with Crippen molar-refractivity contribution in [2.75, 3.05) is 19.8 Å². The summed E-state index contributed by atoms with van der Waals surface area (Å²) >= 11 is 0. The van der Waals surface area contributed by atoms with Gasteiger partial charge < -0.3 is 50.2 Å². The molecule has 1 aliphatic rings. The zero-order valence-corrected chi connectivity index (χ0v) is 40.5. The van der Waals surface area contributed by atoms with E-state index in [9.17, 15) is 40.2 Å². The van der Waals surface area contributed by atoms with Crippen molar-refractivity contribution in [3.63, 3.8) is 0 Å². The minimum atomic E-state index is -1.62.